The van der Waals surface area contributed by atoms with Gasteiger partial charge in [0.2, 0.25) is 10.0 Å². The standard InChI is InChI=1S/C41H59ClN2O6SSi/c1-28-11-9-20-41(48-6,21-22-50-52(7,8)39(3,4)5)35-16-13-32(35)25-44-26-40(19-10-12-30-23-33(42)15-17-34(30)40)27-49-37-18-14-31(24-36(37)44)38(45)43-51(46,47)29(28)2/h9,14-15,17-18,20,23-24,28-29,32,35H,10-13,16,19,21-22,25-27H2,1-8H3,(H,43,45)/b20-9+/t28-,29+,32-,35+,40-,41+/m0/s1. The van der Waals surface area contributed by atoms with E-state index in [1.807, 2.05) is 32.2 Å². The highest BCUT2D eigenvalue weighted by Crippen LogP contribution is 2.50. The highest BCUT2D eigenvalue weighted by atomic mass is 35.5. The van der Waals surface area contributed by atoms with Crippen LogP contribution in [-0.4, -0.2) is 66.9 Å². The van der Waals surface area contributed by atoms with E-state index in [1.165, 1.54) is 11.1 Å². The van der Waals surface area contributed by atoms with Crippen molar-refractivity contribution in [3.05, 3.63) is 70.3 Å². The van der Waals surface area contributed by atoms with Gasteiger partial charge in [0.1, 0.15) is 5.75 Å². The molecule has 286 valence electrons. The Morgan fingerprint density at radius 1 is 1.12 bits per heavy atom. The Morgan fingerprint density at radius 3 is 2.58 bits per heavy atom. The average Bonchev–Trinajstić information content (AvgIpc) is 3.21. The van der Waals surface area contributed by atoms with Crippen molar-refractivity contribution >= 4 is 41.5 Å². The van der Waals surface area contributed by atoms with Crippen molar-refractivity contribution in [2.75, 3.05) is 38.3 Å². The highest BCUT2D eigenvalue weighted by Gasteiger charge is 2.49. The summed E-state index contributed by atoms with van der Waals surface area (Å²) in [5.41, 5.74) is 2.82. The summed E-state index contributed by atoms with van der Waals surface area (Å²) in [4.78, 5) is 16.0. The number of methoxy groups -OCH3 is 1. The van der Waals surface area contributed by atoms with Gasteiger partial charge in [0.05, 0.1) is 23.1 Å². The maximum atomic E-state index is 13.6. The molecule has 2 aliphatic carbocycles. The van der Waals surface area contributed by atoms with Gasteiger partial charge in [-0.2, -0.15) is 0 Å². The number of benzene rings is 2. The number of hydrogen-bond donors (Lipinski definition) is 1. The minimum absolute atomic E-state index is 0.0924. The van der Waals surface area contributed by atoms with E-state index in [2.05, 4.69) is 67.8 Å². The zero-order valence-corrected chi connectivity index (χ0v) is 35.0. The molecule has 6 atom stereocenters. The van der Waals surface area contributed by atoms with E-state index in [-0.39, 0.29) is 22.3 Å². The number of nitrogens with zero attached hydrogens (tertiary/aromatic N) is 1. The quantitative estimate of drug-likeness (QED) is 0.240. The molecule has 2 aromatic rings. The van der Waals surface area contributed by atoms with E-state index in [0.29, 0.717) is 49.8 Å². The lowest BCUT2D eigenvalue weighted by atomic mass is 9.63. The van der Waals surface area contributed by atoms with Crippen LogP contribution < -0.4 is 14.4 Å². The second-order valence-corrected chi connectivity index (χ2v) is 24.8. The SMILES string of the molecule is CO[C@@]1(CCO[Si](C)(C)C(C)(C)C)/C=C/C[C@H](C)[C@@H](C)S(=O)(=O)NC(=O)c2ccc3c(c2)N(C[C@@H]2CC[C@H]21)C[C@@]1(CCCc2cc(Cl)ccc21)CO3. The lowest BCUT2D eigenvalue weighted by Gasteiger charge is -2.51. The number of sulfonamides is 1. The van der Waals surface area contributed by atoms with Crippen molar-refractivity contribution in [2.24, 2.45) is 17.8 Å². The van der Waals surface area contributed by atoms with Crippen LogP contribution in [0.1, 0.15) is 94.6 Å². The lowest BCUT2D eigenvalue weighted by Crippen LogP contribution is -2.53. The fraction of sp³-hybridized carbons (Fsp3) is 0.634. The van der Waals surface area contributed by atoms with Crippen molar-refractivity contribution in [2.45, 2.75) is 114 Å². The molecule has 0 unspecified atom stereocenters. The lowest BCUT2D eigenvalue weighted by molar-refractivity contribution is -0.0856. The third-order valence-corrected chi connectivity index (χ3v) is 20.1. The van der Waals surface area contributed by atoms with Gasteiger partial charge < -0.3 is 18.8 Å². The fourth-order valence-corrected chi connectivity index (χ4v) is 11.2. The molecule has 1 amide bonds. The van der Waals surface area contributed by atoms with Gasteiger partial charge in [-0.1, -0.05) is 57.5 Å². The van der Waals surface area contributed by atoms with Crippen molar-refractivity contribution in [3.63, 3.8) is 0 Å². The zero-order valence-electron chi connectivity index (χ0n) is 32.4. The van der Waals surface area contributed by atoms with E-state index in [4.69, 9.17) is 25.5 Å². The summed E-state index contributed by atoms with van der Waals surface area (Å²) in [6.45, 7) is 17.5. The molecule has 4 aliphatic rings. The molecular weight excluding hydrogens is 712 g/mol. The van der Waals surface area contributed by atoms with Crippen molar-refractivity contribution < 1.29 is 27.1 Å². The summed E-state index contributed by atoms with van der Waals surface area (Å²) in [6, 6.07) is 11.6. The van der Waals surface area contributed by atoms with Crippen LogP contribution in [0.3, 0.4) is 0 Å². The molecule has 2 bridgehead atoms. The number of ether oxygens (including phenoxy) is 2. The largest absolute Gasteiger partial charge is 0.490 e. The van der Waals surface area contributed by atoms with Gasteiger partial charge in [0.25, 0.3) is 5.91 Å². The van der Waals surface area contributed by atoms with Crippen LogP contribution in [0.15, 0.2) is 48.6 Å². The first-order valence-electron chi connectivity index (χ1n) is 19.1. The molecular formula is C41H59ClN2O6SSi. The van der Waals surface area contributed by atoms with Gasteiger partial charge in [-0.3, -0.25) is 4.79 Å². The molecule has 1 saturated carbocycles. The summed E-state index contributed by atoms with van der Waals surface area (Å²) < 4.78 is 49.6. The monoisotopic (exact) mass is 770 g/mol. The summed E-state index contributed by atoms with van der Waals surface area (Å²) >= 11 is 6.49. The van der Waals surface area contributed by atoms with Crippen LogP contribution in [0, 0.1) is 17.8 Å². The van der Waals surface area contributed by atoms with E-state index in [1.54, 1.807) is 13.0 Å². The number of carbonyl (C=O) groups is 1. The van der Waals surface area contributed by atoms with E-state index >= 15 is 0 Å². The Hall–Kier alpha value is -2.37. The molecule has 0 aromatic heterocycles. The third-order valence-electron chi connectivity index (χ3n) is 13.4. The smallest absolute Gasteiger partial charge is 0.264 e. The van der Waals surface area contributed by atoms with Gasteiger partial charge in [-0.25, -0.2) is 13.1 Å². The maximum absolute atomic E-state index is 13.6. The van der Waals surface area contributed by atoms with Crippen molar-refractivity contribution in [1.29, 1.82) is 0 Å². The van der Waals surface area contributed by atoms with Crippen LogP contribution in [0.4, 0.5) is 5.69 Å². The topological polar surface area (TPSA) is 94.2 Å². The predicted molar refractivity (Wildman–Crippen MR) is 213 cm³/mol. The Bertz CT molecular complexity index is 1790. The average molecular weight is 772 g/mol. The molecule has 2 aromatic carbocycles. The number of fused-ring (bicyclic) bond motifs is 4. The molecule has 8 nitrogen and oxygen atoms in total. The summed E-state index contributed by atoms with van der Waals surface area (Å²) in [5.74, 6) is 0.397. The minimum Gasteiger partial charge on any atom is -0.490 e. The molecule has 0 radical (unpaired) electrons. The fourth-order valence-electron chi connectivity index (χ4n) is 8.63. The zero-order chi connectivity index (χ0) is 37.7. The number of hydrogen-bond acceptors (Lipinski definition) is 7. The first-order valence-corrected chi connectivity index (χ1v) is 24.0. The van der Waals surface area contributed by atoms with Crippen LogP contribution in [0.5, 0.6) is 5.75 Å². The molecule has 1 N–H and O–H groups in total. The molecule has 0 saturated heterocycles. The highest BCUT2D eigenvalue weighted by molar-refractivity contribution is 7.90. The first kappa shape index (κ1) is 39.3. The predicted octanol–water partition coefficient (Wildman–Crippen LogP) is 8.68. The summed E-state index contributed by atoms with van der Waals surface area (Å²) in [7, 11) is -4.14. The maximum Gasteiger partial charge on any atom is 0.264 e. The molecule has 1 fully saturated rings. The molecule has 6 rings (SSSR count). The number of anilines is 1. The van der Waals surface area contributed by atoms with Gasteiger partial charge in [-0.15, -0.1) is 0 Å². The number of nitrogens with one attached hydrogen (secondary N) is 1. The van der Waals surface area contributed by atoms with Gasteiger partial charge in [-0.05, 0) is 123 Å². The van der Waals surface area contributed by atoms with Gasteiger partial charge >= 0.3 is 0 Å². The number of rotatable bonds is 5. The Labute approximate surface area is 318 Å². The Balaban J connectivity index is 1.42. The molecule has 52 heavy (non-hydrogen) atoms. The molecule has 1 spiro atoms. The van der Waals surface area contributed by atoms with Gasteiger partial charge in [0, 0.05) is 49.2 Å². The third kappa shape index (κ3) is 7.61. The summed E-state index contributed by atoms with van der Waals surface area (Å²) in [5, 5.41) is 0.0475. The van der Waals surface area contributed by atoms with E-state index in [9.17, 15) is 13.2 Å². The molecule has 11 heteroatoms. The number of amides is 1. The number of carbonyl (C=O) groups excluding carboxylic acids is 1. The second kappa shape index (κ2) is 14.7. The number of allylic oxidation sites excluding steroid dienone is 1. The summed E-state index contributed by atoms with van der Waals surface area (Å²) in [6.07, 6.45) is 10.6. The Morgan fingerprint density at radius 2 is 1.88 bits per heavy atom. The molecule has 2 heterocycles. The minimum atomic E-state index is -3.96. The van der Waals surface area contributed by atoms with Crippen molar-refractivity contribution in [1.82, 2.24) is 4.72 Å². The van der Waals surface area contributed by atoms with Crippen LogP contribution in [-0.2, 0) is 31.0 Å². The normalized spacial score (nSPS) is 31.3. The first-order chi connectivity index (χ1) is 24.4. The Kier molecular flexibility index (Phi) is 11.1. The van der Waals surface area contributed by atoms with Crippen molar-refractivity contribution in [3.8, 4) is 5.75 Å². The number of halogens is 1. The molecule has 2 aliphatic heterocycles. The second-order valence-electron chi connectivity index (χ2n) is 17.5. The van der Waals surface area contributed by atoms with Gasteiger partial charge in [0.15, 0.2) is 8.32 Å². The van der Waals surface area contributed by atoms with Crippen LogP contribution in [0.25, 0.3) is 0 Å². The van der Waals surface area contributed by atoms with Crippen LogP contribution in [0.2, 0.25) is 23.2 Å². The van der Waals surface area contributed by atoms with E-state index in [0.717, 1.165) is 49.4 Å². The number of aryl methyl sites for hydroxylation is 1. The van der Waals surface area contributed by atoms with E-state index < -0.39 is 35.1 Å². The van der Waals surface area contributed by atoms with Crippen LogP contribution >= 0.6 is 11.6 Å².